The van der Waals surface area contributed by atoms with Gasteiger partial charge in [-0.2, -0.15) is 4.98 Å². The molecule has 0 aliphatic carbocycles. The summed E-state index contributed by atoms with van der Waals surface area (Å²) in [6.07, 6.45) is 1.70. The third-order valence-electron chi connectivity index (χ3n) is 3.88. The van der Waals surface area contributed by atoms with Crippen molar-refractivity contribution in [3.63, 3.8) is 0 Å². The summed E-state index contributed by atoms with van der Waals surface area (Å²) in [7, 11) is 2.08. The van der Waals surface area contributed by atoms with Crippen LogP contribution in [0.4, 0.5) is 10.3 Å². The Morgan fingerprint density at radius 3 is 2.88 bits per heavy atom. The van der Waals surface area contributed by atoms with Crippen LogP contribution in [0.3, 0.4) is 0 Å². The van der Waals surface area contributed by atoms with Gasteiger partial charge < -0.3 is 19.7 Å². The molecule has 1 aliphatic heterocycles. The molecule has 1 aromatic heterocycles. The van der Waals surface area contributed by atoms with Crippen LogP contribution in [-0.2, 0) is 4.74 Å². The summed E-state index contributed by atoms with van der Waals surface area (Å²) in [6, 6.07) is 7.51. The minimum absolute atomic E-state index is 0.0637. The van der Waals surface area contributed by atoms with Gasteiger partial charge in [-0.1, -0.05) is 0 Å². The Hall–Kier alpha value is -2.25. The largest absolute Gasteiger partial charge is 0.439 e. The number of rotatable bonds is 5. The first kappa shape index (κ1) is 16.6. The molecule has 1 saturated heterocycles. The van der Waals surface area contributed by atoms with Crippen molar-refractivity contribution in [2.45, 2.75) is 19.1 Å². The summed E-state index contributed by atoms with van der Waals surface area (Å²) in [6.45, 7) is 4.57. The Morgan fingerprint density at radius 2 is 2.12 bits per heavy atom. The van der Waals surface area contributed by atoms with Crippen LogP contribution in [0.2, 0.25) is 0 Å². The molecule has 0 bridgehead atoms. The van der Waals surface area contributed by atoms with Crippen molar-refractivity contribution in [3.05, 3.63) is 42.3 Å². The number of aromatic nitrogens is 2. The monoisotopic (exact) mass is 332 g/mol. The van der Waals surface area contributed by atoms with E-state index in [2.05, 4.69) is 27.2 Å². The van der Waals surface area contributed by atoms with Crippen LogP contribution in [0.5, 0.6) is 11.6 Å². The Labute approximate surface area is 140 Å². The third-order valence-corrected chi connectivity index (χ3v) is 3.88. The first-order valence-corrected chi connectivity index (χ1v) is 7.93. The molecule has 128 valence electrons. The van der Waals surface area contributed by atoms with E-state index in [0.29, 0.717) is 17.6 Å². The molecule has 1 aromatic carbocycles. The van der Waals surface area contributed by atoms with Gasteiger partial charge in [-0.05, 0) is 38.2 Å². The summed E-state index contributed by atoms with van der Waals surface area (Å²) in [5.41, 5.74) is 0. The number of hydrogen-bond donors (Lipinski definition) is 1. The maximum atomic E-state index is 12.9. The van der Waals surface area contributed by atoms with E-state index in [1.165, 1.54) is 12.1 Å². The molecule has 2 aromatic rings. The fourth-order valence-electron chi connectivity index (χ4n) is 2.50. The normalized spacial score (nSPS) is 19.7. The van der Waals surface area contributed by atoms with Crippen LogP contribution >= 0.6 is 0 Å². The quantitative estimate of drug-likeness (QED) is 0.908. The zero-order chi connectivity index (χ0) is 16.9. The lowest BCUT2D eigenvalue weighted by atomic mass is 10.1. The Bertz CT molecular complexity index is 668. The molecule has 6 nitrogen and oxygen atoms in total. The molecule has 0 amide bonds. The van der Waals surface area contributed by atoms with E-state index in [1.807, 2.05) is 6.92 Å². The van der Waals surface area contributed by atoms with Gasteiger partial charge >= 0.3 is 0 Å². The van der Waals surface area contributed by atoms with Gasteiger partial charge in [-0.15, -0.1) is 0 Å². The van der Waals surface area contributed by atoms with Gasteiger partial charge in [0.25, 0.3) is 0 Å². The summed E-state index contributed by atoms with van der Waals surface area (Å²) in [5, 5.41) is 3.25. The zero-order valence-corrected chi connectivity index (χ0v) is 13.8. The Kier molecular flexibility index (Phi) is 5.22. The standard InChI is InChI=1S/C17H21FN4O2/c1-12(15-11-22(2)9-10-23-15)20-17-19-8-7-16(21-17)24-14-5-3-13(18)4-6-14/h3-8,12,15H,9-11H2,1-2H3,(H,19,20,21). The van der Waals surface area contributed by atoms with Gasteiger partial charge in [0.1, 0.15) is 11.6 Å². The Morgan fingerprint density at radius 1 is 1.33 bits per heavy atom. The van der Waals surface area contributed by atoms with E-state index in [0.717, 1.165) is 19.7 Å². The number of nitrogens with zero attached hydrogens (tertiary/aromatic N) is 3. The average Bonchev–Trinajstić information content (AvgIpc) is 2.57. The van der Waals surface area contributed by atoms with E-state index >= 15 is 0 Å². The highest BCUT2D eigenvalue weighted by Crippen LogP contribution is 2.20. The van der Waals surface area contributed by atoms with Crippen molar-refractivity contribution >= 4 is 5.95 Å². The molecule has 2 unspecified atom stereocenters. The highest BCUT2D eigenvalue weighted by Gasteiger charge is 2.24. The molecule has 1 N–H and O–H groups in total. The molecule has 2 heterocycles. The molecular formula is C17H21FN4O2. The first-order valence-electron chi connectivity index (χ1n) is 7.93. The van der Waals surface area contributed by atoms with E-state index in [4.69, 9.17) is 9.47 Å². The minimum atomic E-state index is -0.307. The molecule has 2 atom stereocenters. The maximum Gasteiger partial charge on any atom is 0.226 e. The highest BCUT2D eigenvalue weighted by molar-refractivity contribution is 5.32. The van der Waals surface area contributed by atoms with Crippen LogP contribution in [0.25, 0.3) is 0 Å². The van der Waals surface area contributed by atoms with Crippen molar-refractivity contribution in [2.75, 3.05) is 32.1 Å². The maximum absolute atomic E-state index is 12.9. The van der Waals surface area contributed by atoms with Crippen LogP contribution in [0.15, 0.2) is 36.5 Å². The minimum Gasteiger partial charge on any atom is -0.439 e. The van der Waals surface area contributed by atoms with Crippen molar-refractivity contribution in [1.82, 2.24) is 14.9 Å². The fraction of sp³-hybridized carbons (Fsp3) is 0.412. The number of hydrogen-bond acceptors (Lipinski definition) is 6. The summed E-state index contributed by atoms with van der Waals surface area (Å²) in [4.78, 5) is 10.8. The number of likely N-dealkylation sites (N-methyl/N-ethyl adjacent to an activating group) is 1. The van der Waals surface area contributed by atoms with Crippen LogP contribution in [0.1, 0.15) is 6.92 Å². The molecule has 1 fully saturated rings. The summed E-state index contributed by atoms with van der Waals surface area (Å²) in [5.74, 6) is 1.08. The van der Waals surface area contributed by atoms with Crippen molar-refractivity contribution in [1.29, 1.82) is 0 Å². The topological polar surface area (TPSA) is 59.5 Å². The van der Waals surface area contributed by atoms with Gasteiger partial charge in [-0.3, -0.25) is 0 Å². The second-order valence-electron chi connectivity index (χ2n) is 5.88. The molecule has 1 aliphatic rings. The number of nitrogens with one attached hydrogen (secondary N) is 1. The zero-order valence-electron chi connectivity index (χ0n) is 13.8. The average molecular weight is 332 g/mol. The van der Waals surface area contributed by atoms with Gasteiger partial charge in [0, 0.05) is 25.4 Å². The second kappa shape index (κ2) is 7.55. The Balaban J connectivity index is 1.63. The van der Waals surface area contributed by atoms with Crippen LogP contribution in [0, 0.1) is 5.82 Å². The highest BCUT2D eigenvalue weighted by atomic mass is 19.1. The van der Waals surface area contributed by atoms with Crippen molar-refractivity contribution in [2.24, 2.45) is 0 Å². The van der Waals surface area contributed by atoms with E-state index in [1.54, 1.807) is 24.4 Å². The molecule has 3 rings (SSSR count). The van der Waals surface area contributed by atoms with Gasteiger partial charge in [0.05, 0.1) is 18.8 Å². The van der Waals surface area contributed by atoms with E-state index in [9.17, 15) is 4.39 Å². The first-order chi connectivity index (χ1) is 11.6. The van der Waals surface area contributed by atoms with E-state index in [-0.39, 0.29) is 18.0 Å². The van der Waals surface area contributed by atoms with Crippen LogP contribution in [-0.4, -0.2) is 53.8 Å². The SMILES string of the molecule is CC(Nc1nccc(Oc2ccc(F)cc2)n1)C1CN(C)CCO1. The van der Waals surface area contributed by atoms with Gasteiger partial charge in [0.15, 0.2) is 0 Å². The fourth-order valence-corrected chi connectivity index (χ4v) is 2.50. The molecule has 0 saturated carbocycles. The predicted molar refractivity (Wildman–Crippen MR) is 88.8 cm³/mol. The predicted octanol–water partition coefficient (Wildman–Crippen LogP) is 2.54. The van der Waals surface area contributed by atoms with Crippen LogP contribution < -0.4 is 10.1 Å². The number of benzene rings is 1. The molecule has 24 heavy (non-hydrogen) atoms. The lowest BCUT2D eigenvalue weighted by molar-refractivity contribution is -0.0260. The third kappa shape index (κ3) is 4.39. The van der Waals surface area contributed by atoms with Gasteiger partial charge in [-0.25, -0.2) is 9.37 Å². The summed E-state index contributed by atoms with van der Waals surface area (Å²) >= 11 is 0. The molecule has 0 spiro atoms. The van der Waals surface area contributed by atoms with Gasteiger partial charge in [0.2, 0.25) is 11.8 Å². The smallest absolute Gasteiger partial charge is 0.226 e. The second-order valence-corrected chi connectivity index (χ2v) is 5.88. The molecule has 0 radical (unpaired) electrons. The number of ether oxygens (including phenoxy) is 2. The van der Waals surface area contributed by atoms with Crippen molar-refractivity contribution in [3.8, 4) is 11.6 Å². The van der Waals surface area contributed by atoms with E-state index < -0.39 is 0 Å². The lowest BCUT2D eigenvalue weighted by Crippen LogP contribution is -2.47. The summed E-state index contributed by atoms with van der Waals surface area (Å²) < 4.78 is 24.3. The molecule has 7 heteroatoms. The number of halogens is 1. The van der Waals surface area contributed by atoms with Crippen molar-refractivity contribution < 1.29 is 13.9 Å². The number of anilines is 1. The lowest BCUT2D eigenvalue weighted by Gasteiger charge is -2.33. The number of morpholine rings is 1. The molecular weight excluding hydrogens is 311 g/mol.